The molecule has 1 aliphatic carbocycles. The van der Waals surface area contributed by atoms with Gasteiger partial charge in [-0.3, -0.25) is 14.6 Å². The van der Waals surface area contributed by atoms with Gasteiger partial charge in [-0.2, -0.15) is 0 Å². The zero-order valence-corrected chi connectivity index (χ0v) is 15.0. The fraction of sp³-hybridized carbons (Fsp3) is 0.650. The van der Waals surface area contributed by atoms with Crippen LogP contribution in [0, 0.1) is 0 Å². The average Bonchev–Trinajstić information content (AvgIpc) is 2.63. The van der Waals surface area contributed by atoms with Gasteiger partial charge in [-0.1, -0.05) is 30.3 Å². The van der Waals surface area contributed by atoms with Gasteiger partial charge >= 0.3 is 0 Å². The largest absolute Gasteiger partial charge is 0.379 e. The second kappa shape index (κ2) is 7.44. The molecule has 0 aromatic heterocycles. The van der Waals surface area contributed by atoms with E-state index >= 15 is 0 Å². The molecule has 0 unspecified atom stereocenters. The molecule has 0 bridgehead atoms. The highest BCUT2D eigenvalue weighted by molar-refractivity contribution is 5.87. The lowest BCUT2D eigenvalue weighted by Gasteiger charge is -2.52. The molecule has 0 atom stereocenters. The van der Waals surface area contributed by atoms with Gasteiger partial charge in [0.1, 0.15) is 5.54 Å². The lowest BCUT2D eigenvalue weighted by Crippen LogP contribution is -2.67. The summed E-state index contributed by atoms with van der Waals surface area (Å²) in [6.07, 6.45) is 3.23. The van der Waals surface area contributed by atoms with Crippen LogP contribution in [0.25, 0.3) is 0 Å². The third kappa shape index (κ3) is 3.46. The Kier molecular flexibility index (Phi) is 5.06. The number of hydrogen-bond acceptors (Lipinski definition) is 4. The van der Waals surface area contributed by atoms with Gasteiger partial charge in [-0.25, -0.2) is 0 Å². The molecule has 3 fully saturated rings. The summed E-state index contributed by atoms with van der Waals surface area (Å²) in [5.74, 6) is 0.375. The van der Waals surface area contributed by atoms with Crippen molar-refractivity contribution < 1.29 is 9.53 Å². The van der Waals surface area contributed by atoms with Crippen molar-refractivity contribution in [2.75, 3.05) is 52.5 Å². The van der Waals surface area contributed by atoms with Crippen molar-refractivity contribution in [3.05, 3.63) is 35.9 Å². The first kappa shape index (κ1) is 17.0. The van der Waals surface area contributed by atoms with Gasteiger partial charge in [-0.05, 0) is 24.8 Å². The highest BCUT2D eigenvalue weighted by Crippen LogP contribution is 2.40. The van der Waals surface area contributed by atoms with E-state index in [-0.39, 0.29) is 5.54 Å². The van der Waals surface area contributed by atoms with Gasteiger partial charge in [0.2, 0.25) is 5.91 Å². The average molecular weight is 343 g/mol. The van der Waals surface area contributed by atoms with Crippen LogP contribution in [-0.2, 0) is 16.1 Å². The lowest BCUT2D eigenvalue weighted by atomic mass is 9.73. The second-order valence-electron chi connectivity index (χ2n) is 7.54. The van der Waals surface area contributed by atoms with Gasteiger partial charge < -0.3 is 9.64 Å². The summed E-state index contributed by atoms with van der Waals surface area (Å²) in [5, 5.41) is 0. The molecular formula is C20H29N3O2. The van der Waals surface area contributed by atoms with E-state index in [2.05, 4.69) is 45.0 Å². The summed E-state index contributed by atoms with van der Waals surface area (Å²) in [7, 11) is 0. The van der Waals surface area contributed by atoms with Crippen LogP contribution < -0.4 is 0 Å². The van der Waals surface area contributed by atoms with Gasteiger partial charge in [0.15, 0.2) is 0 Å². The monoisotopic (exact) mass is 343 g/mol. The Labute approximate surface area is 150 Å². The minimum absolute atomic E-state index is 0.217. The van der Waals surface area contributed by atoms with Crippen molar-refractivity contribution in [1.29, 1.82) is 0 Å². The SMILES string of the molecule is O=C(N1CCN(Cc2ccccc2)CC1)C1(N2CCOCC2)CCC1. The van der Waals surface area contributed by atoms with Crippen molar-refractivity contribution in [1.82, 2.24) is 14.7 Å². The Balaban J connectivity index is 1.34. The number of piperazine rings is 1. The zero-order chi connectivity index (χ0) is 17.1. The number of morpholine rings is 1. The van der Waals surface area contributed by atoms with Crippen molar-refractivity contribution in [2.24, 2.45) is 0 Å². The fourth-order valence-electron chi connectivity index (χ4n) is 4.41. The summed E-state index contributed by atoms with van der Waals surface area (Å²) in [6, 6.07) is 10.6. The van der Waals surface area contributed by atoms with Gasteiger partial charge in [0.05, 0.1) is 13.2 Å². The maximum absolute atomic E-state index is 13.3. The zero-order valence-electron chi connectivity index (χ0n) is 15.0. The van der Waals surface area contributed by atoms with Crippen LogP contribution in [0.1, 0.15) is 24.8 Å². The van der Waals surface area contributed by atoms with Gasteiger partial charge in [0.25, 0.3) is 0 Å². The van der Waals surface area contributed by atoms with E-state index in [4.69, 9.17) is 4.74 Å². The molecule has 0 N–H and O–H groups in total. The Morgan fingerprint density at radius 1 is 0.960 bits per heavy atom. The predicted octanol–water partition coefficient (Wildman–Crippen LogP) is 1.59. The molecule has 1 amide bonds. The van der Waals surface area contributed by atoms with Crippen molar-refractivity contribution >= 4 is 5.91 Å². The first-order valence-corrected chi connectivity index (χ1v) is 9.66. The molecule has 2 heterocycles. The van der Waals surface area contributed by atoms with Crippen LogP contribution in [0.4, 0.5) is 0 Å². The van der Waals surface area contributed by atoms with Crippen LogP contribution in [0.3, 0.4) is 0 Å². The molecule has 5 nitrogen and oxygen atoms in total. The van der Waals surface area contributed by atoms with Crippen molar-refractivity contribution in [2.45, 2.75) is 31.3 Å². The Morgan fingerprint density at radius 3 is 2.24 bits per heavy atom. The summed E-state index contributed by atoms with van der Waals surface area (Å²) >= 11 is 0. The Hall–Kier alpha value is -1.43. The molecule has 1 aromatic rings. The van der Waals surface area contributed by atoms with E-state index in [9.17, 15) is 4.79 Å². The number of rotatable bonds is 4. The molecule has 0 radical (unpaired) electrons. The highest BCUT2D eigenvalue weighted by Gasteiger charge is 2.51. The van der Waals surface area contributed by atoms with E-state index in [0.29, 0.717) is 5.91 Å². The number of hydrogen-bond donors (Lipinski definition) is 0. The number of amides is 1. The summed E-state index contributed by atoms with van der Waals surface area (Å²) in [4.78, 5) is 20.3. The lowest BCUT2D eigenvalue weighted by molar-refractivity contribution is -0.157. The highest BCUT2D eigenvalue weighted by atomic mass is 16.5. The summed E-state index contributed by atoms with van der Waals surface area (Å²) in [5.41, 5.74) is 1.14. The molecule has 1 saturated carbocycles. The van der Waals surface area contributed by atoms with E-state index < -0.39 is 0 Å². The van der Waals surface area contributed by atoms with Crippen LogP contribution in [-0.4, -0.2) is 78.6 Å². The number of carbonyl (C=O) groups is 1. The standard InChI is InChI=1S/C20H29N3O2/c24-19(20(7-4-8-20)23-13-15-25-16-14-23)22-11-9-21(10-12-22)17-18-5-2-1-3-6-18/h1-3,5-6H,4,7-17H2. The minimum atomic E-state index is -0.217. The molecule has 4 rings (SSSR count). The first-order chi connectivity index (χ1) is 12.3. The maximum atomic E-state index is 13.3. The van der Waals surface area contributed by atoms with E-state index in [1.54, 1.807) is 0 Å². The topological polar surface area (TPSA) is 36.0 Å². The van der Waals surface area contributed by atoms with Gasteiger partial charge in [0, 0.05) is 45.8 Å². The normalized spacial score (nSPS) is 24.7. The number of carbonyl (C=O) groups excluding carboxylic acids is 1. The quantitative estimate of drug-likeness (QED) is 0.832. The molecule has 0 spiro atoms. The van der Waals surface area contributed by atoms with Crippen molar-refractivity contribution in [3.63, 3.8) is 0 Å². The van der Waals surface area contributed by atoms with E-state index in [1.165, 1.54) is 12.0 Å². The summed E-state index contributed by atoms with van der Waals surface area (Å²) in [6.45, 7) is 7.98. The van der Waals surface area contributed by atoms with Crippen LogP contribution in [0.2, 0.25) is 0 Å². The van der Waals surface area contributed by atoms with Crippen molar-refractivity contribution in [3.8, 4) is 0 Å². The Morgan fingerprint density at radius 2 is 1.64 bits per heavy atom. The van der Waals surface area contributed by atoms with E-state index in [1.807, 2.05) is 0 Å². The van der Waals surface area contributed by atoms with Crippen LogP contribution in [0.5, 0.6) is 0 Å². The molecule has 5 heteroatoms. The predicted molar refractivity (Wildman–Crippen MR) is 97.3 cm³/mol. The maximum Gasteiger partial charge on any atom is 0.243 e. The molecule has 25 heavy (non-hydrogen) atoms. The second-order valence-corrected chi connectivity index (χ2v) is 7.54. The van der Waals surface area contributed by atoms with Crippen LogP contribution >= 0.6 is 0 Å². The molecule has 3 aliphatic rings. The Bertz CT molecular complexity index is 574. The molecule has 1 aromatic carbocycles. The first-order valence-electron chi connectivity index (χ1n) is 9.66. The summed E-state index contributed by atoms with van der Waals surface area (Å²) < 4.78 is 5.49. The van der Waals surface area contributed by atoms with E-state index in [0.717, 1.165) is 71.9 Å². The molecule has 2 aliphatic heterocycles. The number of ether oxygens (including phenoxy) is 1. The third-order valence-electron chi connectivity index (χ3n) is 6.10. The number of benzene rings is 1. The van der Waals surface area contributed by atoms with Crippen LogP contribution in [0.15, 0.2) is 30.3 Å². The minimum Gasteiger partial charge on any atom is -0.379 e. The third-order valence-corrected chi connectivity index (χ3v) is 6.10. The number of nitrogens with zero attached hydrogens (tertiary/aromatic N) is 3. The molecular weight excluding hydrogens is 314 g/mol. The fourth-order valence-corrected chi connectivity index (χ4v) is 4.41. The molecule has 2 saturated heterocycles. The van der Waals surface area contributed by atoms with Gasteiger partial charge in [-0.15, -0.1) is 0 Å². The molecule has 136 valence electrons. The smallest absolute Gasteiger partial charge is 0.243 e.